The summed E-state index contributed by atoms with van der Waals surface area (Å²) in [6.07, 6.45) is 2.34. The van der Waals surface area contributed by atoms with Gasteiger partial charge in [0.05, 0.1) is 22.5 Å². The van der Waals surface area contributed by atoms with E-state index in [4.69, 9.17) is 5.26 Å². The predicted octanol–water partition coefficient (Wildman–Crippen LogP) is 2.88. The van der Waals surface area contributed by atoms with E-state index in [1.54, 1.807) is 31.3 Å². The van der Waals surface area contributed by atoms with Gasteiger partial charge in [0.1, 0.15) is 0 Å². The molecule has 2 aromatic carbocycles. The summed E-state index contributed by atoms with van der Waals surface area (Å²) in [6, 6.07) is 14.0. The molecular weight excluding hydrogens is 414 g/mol. The van der Waals surface area contributed by atoms with Crippen molar-refractivity contribution in [1.29, 1.82) is 5.26 Å². The molecular formula is C22H17N5O3S. The van der Waals surface area contributed by atoms with Gasteiger partial charge in [0.2, 0.25) is 0 Å². The molecule has 0 radical (unpaired) electrons. The van der Waals surface area contributed by atoms with E-state index < -0.39 is 5.69 Å². The summed E-state index contributed by atoms with van der Waals surface area (Å²) in [4.78, 5) is 44.9. The Hall–Kier alpha value is -4.03. The van der Waals surface area contributed by atoms with Crippen molar-refractivity contribution in [3.8, 4) is 6.07 Å². The van der Waals surface area contributed by atoms with E-state index in [2.05, 4.69) is 21.4 Å². The zero-order valence-electron chi connectivity index (χ0n) is 16.5. The molecule has 0 aliphatic heterocycles. The van der Waals surface area contributed by atoms with Crippen molar-refractivity contribution in [1.82, 2.24) is 14.5 Å². The lowest BCUT2D eigenvalue weighted by Gasteiger charge is -2.06. The Morgan fingerprint density at radius 3 is 2.71 bits per heavy atom. The minimum Gasteiger partial charge on any atom is -0.307 e. The minimum absolute atomic E-state index is 0.265. The van der Waals surface area contributed by atoms with Crippen LogP contribution in [0.5, 0.6) is 0 Å². The van der Waals surface area contributed by atoms with Crippen LogP contribution in [0.4, 0.5) is 5.13 Å². The van der Waals surface area contributed by atoms with Crippen molar-refractivity contribution >= 4 is 33.3 Å². The molecule has 4 aromatic rings. The number of H-pyrrole nitrogens is 1. The second-order valence-electron chi connectivity index (χ2n) is 6.81. The lowest BCUT2D eigenvalue weighted by atomic mass is 10.1. The van der Waals surface area contributed by atoms with Crippen molar-refractivity contribution in [2.75, 3.05) is 5.32 Å². The van der Waals surface area contributed by atoms with Gasteiger partial charge < -0.3 is 4.98 Å². The van der Waals surface area contributed by atoms with Crippen molar-refractivity contribution in [2.24, 2.45) is 0 Å². The number of aromatic nitrogens is 3. The lowest BCUT2D eigenvalue weighted by Crippen LogP contribution is -2.34. The summed E-state index contributed by atoms with van der Waals surface area (Å²) in [5.41, 5.74) is 1.36. The number of anilines is 1. The smallest absolute Gasteiger partial charge is 0.307 e. The molecule has 0 aliphatic rings. The van der Waals surface area contributed by atoms with Crippen LogP contribution in [0.25, 0.3) is 10.9 Å². The van der Waals surface area contributed by atoms with Crippen LogP contribution in [0.3, 0.4) is 0 Å². The van der Waals surface area contributed by atoms with Crippen molar-refractivity contribution in [3.05, 3.63) is 91.1 Å². The van der Waals surface area contributed by atoms with Gasteiger partial charge in [0.15, 0.2) is 5.13 Å². The Kier molecular flexibility index (Phi) is 5.47. The quantitative estimate of drug-likeness (QED) is 0.503. The summed E-state index contributed by atoms with van der Waals surface area (Å²) in [7, 11) is 0. The Balaban J connectivity index is 1.52. The Labute approximate surface area is 180 Å². The lowest BCUT2D eigenvalue weighted by molar-refractivity contribution is 0.102. The highest BCUT2D eigenvalue weighted by Gasteiger charge is 2.13. The van der Waals surface area contributed by atoms with Crippen molar-refractivity contribution < 1.29 is 4.79 Å². The molecule has 4 rings (SSSR count). The third kappa shape index (κ3) is 4.15. The first-order chi connectivity index (χ1) is 15.0. The maximum atomic E-state index is 12.6. The first-order valence-corrected chi connectivity index (χ1v) is 10.3. The number of nitrogens with one attached hydrogen (secondary N) is 2. The van der Waals surface area contributed by atoms with Gasteiger partial charge in [-0.05, 0) is 42.8 Å². The van der Waals surface area contributed by atoms with Gasteiger partial charge in [0, 0.05) is 29.6 Å². The molecule has 9 heteroatoms. The summed E-state index contributed by atoms with van der Waals surface area (Å²) in [6.45, 7) is 1.98. The van der Waals surface area contributed by atoms with E-state index in [1.807, 2.05) is 12.1 Å². The van der Waals surface area contributed by atoms with E-state index >= 15 is 0 Å². The van der Waals surface area contributed by atoms with E-state index in [-0.39, 0.29) is 18.0 Å². The normalized spacial score (nSPS) is 10.7. The number of aromatic amines is 1. The standard InChI is InChI=1S/C22H17N5O3S/c1-2-27-20(29)17-8-7-15(10-18(17)25-22(27)30)19(28)26-21-24-12-16(31-21)9-13-3-5-14(11-23)6-4-13/h3-8,10,12H,2,9H2,1H3,(H,25,30)(H,24,26,28). The van der Waals surface area contributed by atoms with E-state index in [1.165, 1.54) is 23.5 Å². The Morgan fingerprint density at radius 1 is 1.23 bits per heavy atom. The molecule has 0 atom stereocenters. The molecule has 0 saturated heterocycles. The third-order valence-corrected chi connectivity index (χ3v) is 5.71. The van der Waals surface area contributed by atoms with Crippen molar-refractivity contribution in [3.63, 3.8) is 0 Å². The molecule has 2 aromatic heterocycles. The zero-order chi connectivity index (χ0) is 22.0. The van der Waals surface area contributed by atoms with E-state index in [0.29, 0.717) is 33.6 Å². The SMILES string of the molecule is CCn1c(=O)[nH]c2cc(C(=O)Nc3ncc(Cc4ccc(C#N)cc4)s3)ccc2c1=O. The average molecular weight is 431 g/mol. The fraction of sp³-hybridized carbons (Fsp3) is 0.136. The molecule has 2 heterocycles. The number of nitriles is 1. The monoisotopic (exact) mass is 431 g/mol. The molecule has 2 N–H and O–H groups in total. The van der Waals surface area contributed by atoms with Gasteiger partial charge >= 0.3 is 5.69 Å². The summed E-state index contributed by atoms with van der Waals surface area (Å²) in [5.74, 6) is -0.387. The fourth-order valence-electron chi connectivity index (χ4n) is 3.20. The molecule has 0 aliphatic carbocycles. The fourth-order valence-corrected chi connectivity index (χ4v) is 4.04. The second-order valence-corrected chi connectivity index (χ2v) is 7.93. The molecule has 31 heavy (non-hydrogen) atoms. The first kappa shape index (κ1) is 20.3. The van der Waals surface area contributed by atoms with Gasteiger partial charge in [-0.1, -0.05) is 12.1 Å². The maximum absolute atomic E-state index is 12.6. The summed E-state index contributed by atoms with van der Waals surface area (Å²) < 4.78 is 1.10. The van der Waals surface area contributed by atoms with Crippen LogP contribution in [0.15, 0.2) is 58.3 Å². The van der Waals surface area contributed by atoms with Crippen molar-refractivity contribution in [2.45, 2.75) is 19.9 Å². The van der Waals surface area contributed by atoms with Crippen LogP contribution in [0.1, 0.15) is 33.3 Å². The number of rotatable bonds is 5. The van der Waals surface area contributed by atoms with Crippen LogP contribution in [0.2, 0.25) is 0 Å². The number of hydrogen-bond acceptors (Lipinski definition) is 6. The average Bonchev–Trinajstić information content (AvgIpc) is 3.20. The molecule has 154 valence electrons. The van der Waals surface area contributed by atoms with E-state index in [9.17, 15) is 14.4 Å². The number of benzene rings is 2. The molecule has 1 amide bonds. The number of carbonyl (C=O) groups excluding carboxylic acids is 1. The maximum Gasteiger partial charge on any atom is 0.328 e. The third-order valence-electron chi connectivity index (χ3n) is 4.80. The largest absolute Gasteiger partial charge is 0.328 e. The zero-order valence-corrected chi connectivity index (χ0v) is 17.3. The summed E-state index contributed by atoms with van der Waals surface area (Å²) >= 11 is 1.35. The van der Waals surface area contributed by atoms with Crippen LogP contribution in [-0.2, 0) is 13.0 Å². The Bertz CT molecular complexity index is 1440. The number of thiazole rings is 1. The molecule has 0 saturated carbocycles. The van der Waals surface area contributed by atoms with Gasteiger partial charge in [0.25, 0.3) is 11.5 Å². The number of nitrogens with zero attached hydrogens (tertiary/aromatic N) is 3. The van der Waals surface area contributed by atoms with Gasteiger partial charge in [-0.3, -0.25) is 19.5 Å². The Morgan fingerprint density at radius 2 is 2.00 bits per heavy atom. The van der Waals surface area contributed by atoms with Gasteiger partial charge in [-0.15, -0.1) is 11.3 Å². The van der Waals surface area contributed by atoms with Gasteiger partial charge in [-0.25, -0.2) is 9.78 Å². The molecule has 0 spiro atoms. The number of hydrogen-bond donors (Lipinski definition) is 2. The number of fused-ring (bicyclic) bond motifs is 1. The molecule has 0 unspecified atom stereocenters. The van der Waals surface area contributed by atoms with Crippen LogP contribution in [-0.4, -0.2) is 20.4 Å². The molecule has 0 bridgehead atoms. The molecule has 0 fully saturated rings. The minimum atomic E-state index is -0.509. The second kappa shape index (κ2) is 8.38. The predicted molar refractivity (Wildman–Crippen MR) is 119 cm³/mol. The summed E-state index contributed by atoms with van der Waals surface area (Å²) in [5, 5.41) is 12.4. The van der Waals surface area contributed by atoms with E-state index in [0.717, 1.165) is 15.0 Å². The highest BCUT2D eigenvalue weighted by atomic mass is 32.1. The topological polar surface area (TPSA) is 121 Å². The number of amides is 1. The highest BCUT2D eigenvalue weighted by molar-refractivity contribution is 7.15. The van der Waals surface area contributed by atoms with Gasteiger partial charge in [-0.2, -0.15) is 5.26 Å². The van der Waals surface area contributed by atoms with Crippen LogP contribution in [0, 0.1) is 11.3 Å². The van der Waals surface area contributed by atoms with Crippen LogP contribution < -0.4 is 16.6 Å². The molecule has 8 nitrogen and oxygen atoms in total. The number of carbonyl (C=O) groups is 1. The highest BCUT2D eigenvalue weighted by Crippen LogP contribution is 2.22. The first-order valence-electron chi connectivity index (χ1n) is 9.50. The van der Waals surface area contributed by atoms with Crippen LogP contribution >= 0.6 is 11.3 Å².